The van der Waals surface area contributed by atoms with Crippen LogP contribution < -0.4 is 11.1 Å². The van der Waals surface area contributed by atoms with Crippen LogP contribution in [-0.2, 0) is 0 Å². The van der Waals surface area contributed by atoms with Gasteiger partial charge in [0.05, 0.1) is 0 Å². The van der Waals surface area contributed by atoms with Crippen LogP contribution in [0.5, 0.6) is 0 Å². The molecule has 2 heteroatoms. The van der Waals surface area contributed by atoms with E-state index in [9.17, 15) is 0 Å². The Labute approximate surface area is 82.3 Å². The molecule has 0 amide bonds. The van der Waals surface area contributed by atoms with Gasteiger partial charge in [-0.05, 0) is 31.2 Å². The van der Waals surface area contributed by atoms with Crippen LogP contribution in [0.3, 0.4) is 0 Å². The topological polar surface area (TPSA) is 38.0 Å². The molecule has 0 radical (unpaired) electrons. The molecule has 0 aromatic carbocycles. The van der Waals surface area contributed by atoms with Crippen molar-refractivity contribution in [1.29, 1.82) is 0 Å². The van der Waals surface area contributed by atoms with Gasteiger partial charge in [-0.2, -0.15) is 0 Å². The largest absolute Gasteiger partial charge is 0.329 e. The molecular weight excluding hydrogens is 160 g/mol. The first-order valence-corrected chi connectivity index (χ1v) is 5.67. The number of hydrogen-bond acceptors (Lipinski definition) is 2. The van der Waals surface area contributed by atoms with E-state index >= 15 is 0 Å². The summed E-state index contributed by atoms with van der Waals surface area (Å²) in [6.45, 7) is 6.37. The first-order valence-electron chi connectivity index (χ1n) is 5.67. The Balaban J connectivity index is 1.94. The molecule has 3 N–H and O–H groups in total. The molecule has 0 heterocycles. The third-order valence-electron chi connectivity index (χ3n) is 2.95. The van der Waals surface area contributed by atoms with Crippen molar-refractivity contribution in [1.82, 2.24) is 5.32 Å². The zero-order valence-corrected chi connectivity index (χ0v) is 9.05. The van der Waals surface area contributed by atoms with E-state index in [1.165, 1.54) is 25.7 Å². The predicted octanol–water partition coefficient (Wildman–Crippen LogP) is 1.75. The van der Waals surface area contributed by atoms with Crippen LogP contribution in [0.15, 0.2) is 0 Å². The summed E-state index contributed by atoms with van der Waals surface area (Å²) in [5.41, 5.74) is 5.67. The molecule has 1 fully saturated rings. The van der Waals surface area contributed by atoms with E-state index < -0.39 is 0 Å². The third kappa shape index (κ3) is 4.63. The molecule has 0 aromatic rings. The molecule has 1 saturated carbocycles. The van der Waals surface area contributed by atoms with Crippen LogP contribution in [0.2, 0.25) is 0 Å². The number of nitrogens with one attached hydrogen (secondary N) is 1. The highest BCUT2D eigenvalue weighted by Gasteiger charge is 2.20. The molecule has 0 saturated heterocycles. The van der Waals surface area contributed by atoms with E-state index in [0.29, 0.717) is 12.0 Å². The Bertz CT molecular complexity index is 130. The molecule has 1 atom stereocenters. The summed E-state index contributed by atoms with van der Waals surface area (Å²) in [4.78, 5) is 0. The molecule has 0 spiro atoms. The molecule has 78 valence electrons. The first-order chi connectivity index (χ1) is 6.24. The zero-order chi connectivity index (χ0) is 9.68. The van der Waals surface area contributed by atoms with E-state index in [-0.39, 0.29) is 0 Å². The number of rotatable bonds is 7. The van der Waals surface area contributed by atoms with Crippen LogP contribution >= 0.6 is 0 Å². The maximum atomic E-state index is 5.67. The van der Waals surface area contributed by atoms with Gasteiger partial charge >= 0.3 is 0 Å². The minimum Gasteiger partial charge on any atom is -0.329 e. The highest BCUT2D eigenvalue weighted by atomic mass is 14.9. The van der Waals surface area contributed by atoms with Gasteiger partial charge in [0.25, 0.3) is 0 Å². The molecular formula is C11H24N2. The van der Waals surface area contributed by atoms with Gasteiger partial charge in [-0.15, -0.1) is 0 Å². The highest BCUT2D eigenvalue weighted by molar-refractivity contribution is 4.75. The van der Waals surface area contributed by atoms with Gasteiger partial charge in [-0.1, -0.05) is 26.7 Å². The summed E-state index contributed by atoms with van der Waals surface area (Å²) in [6, 6.07) is 0.513. The molecule has 2 nitrogen and oxygen atoms in total. The fraction of sp³-hybridized carbons (Fsp3) is 1.00. The van der Waals surface area contributed by atoms with Crippen molar-refractivity contribution in [2.45, 2.75) is 45.6 Å². The minimum absolute atomic E-state index is 0.513. The SMILES string of the molecule is CC(C)C(CN)NCCCC1CC1. The van der Waals surface area contributed by atoms with Gasteiger partial charge in [0.15, 0.2) is 0 Å². The second kappa shape index (κ2) is 5.61. The van der Waals surface area contributed by atoms with Crippen LogP contribution in [-0.4, -0.2) is 19.1 Å². The fourth-order valence-electron chi connectivity index (χ4n) is 1.68. The Morgan fingerprint density at radius 2 is 2.08 bits per heavy atom. The molecule has 0 aliphatic heterocycles. The Kier molecular flexibility index (Phi) is 4.74. The van der Waals surface area contributed by atoms with Crippen LogP contribution in [0.25, 0.3) is 0 Å². The number of nitrogens with two attached hydrogens (primary N) is 1. The zero-order valence-electron chi connectivity index (χ0n) is 9.05. The minimum atomic E-state index is 0.513. The lowest BCUT2D eigenvalue weighted by Crippen LogP contribution is -2.40. The van der Waals surface area contributed by atoms with Gasteiger partial charge in [0.2, 0.25) is 0 Å². The van der Waals surface area contributed by atoms with Crippen LogP contribution in [0, 0.1) is 11.8 Å². The summed E-state index contributed by atoms with van der Waals surface area (Å²) in [7, 11) is 0. The molecule has 1 unspecified atom stereocenters. The Morgan fingerprint density at radius 1 is 1.38 bits per heavy atom. The van der Waals surface area contributed by atoms with E-state index in [1.54, 1.807) is 0 Å². The Morgan fingerprint density at radius 3 is 2.54 bits per heavy atom. The second-order valence-electron chi connectivity index (χ2n) is 4.63. The summed E-state index contributed by atoms with van der Waals surface area (Å²) in [6.07, 6.45) is 5.70. The van der Waals surface area contributed by atoms with E-state index in [1.807, 2.05) is 0 Å². The Hall–Kier alpha value is -0.0800. The van der Waals surface area contributed by atoms with Crippen LogP contribution in [0.1, 0.15) is 39.5 Å². The van der Waals surface area contributed by atoms with Crippen molar-refractivity contribution in [3.63, 3.8) is 0 Å². The normalized spacial score (nSPS) is 19.4. The monoisotopic (exact) mass is 184 g/mol. The highest BCUT2D eigenvalue weighted by Crippen LogP contribution is 2.33. The first kappa shape index (κ1) is 11.0. The molecule has 13 heavy (non-hydrogen) atoms. The molecule has 1 aliphatic rings. The lowest BCUT2D eigenvalue weighted by Gasteiger charge is -2.20. The summed E-state index contributed by atoms with van der Waals surface area (Å²) in [5, 5.41) is 3.53. The van der Waals surface area contributed by atoms with Gasteiger partial charge in [0.1, 0.15) is 0 Å². The second-order valence-corrected chi connectivity index (χ2v) is 4.63. The van der Waals surface area contributed by atoms with Crippen molar-refractivity contribution < 1.29 is 0 Å². The van der Waals surface area contributed by atoms with Gasteiger partial charge < -0.3 is 11.1 Å². The fourth-order valence-corrected chi connectivity index (χ4v) is 1.68. The standard InChI is InChI=1S/C11H24N2/c1-9(2)11(8-12)13-7-3-4-10-5-6-10/h9-11,13H,3-8,12H2,1-2H3. The molecule has 0 bridgehead atoms. The van der Waals surface area contributed by atoms with Crippen molar-refractivity contribution in [3.8, 4) is 0 Å². The van der Waals surface area contributed by atoms with Gasteiger partial charge in [-0.25, -0.2) is 0 Å². The van der Waals surface area contributed by atoms with E-state index in [4.69, 9.17) is 5.73 Å². The summed E-state index contributed by atoms with van der Waals surface area (Å²) in [5.74, 6) is 1.73. The maximum Gasteiger partial charge on any atom is 0.0213 e. The quantitative estimate of drug-likeness (QED) is 0.592. The van der Waals surface area contributed by atoms with Crippen molar-refractivity contribution >= 4 is 0 Å². The van der Waals surface area contributed by atoms with Crippen molar-refractivity contribution in [2.75, 3.05) is 13.1 Å². The maximum absolute atomic E-state index is 5.67. The predicted molar refractivity (Wildman–Crippen MR) is 57.6 cm³/mol. The average molecular weight is 184 g/mol. The summed E-state index contributed by atoms with van der Waals surface area (Å²) >= 11 is 0. The van der Waals surface area contributed by atoms with Crippen molar-refractivity contribution in [2.24, 2.45) is 17.6 Å². The lowest BCUT2D eigenvalue weighted by molar-refractivity contribution is 0.399. The lowest BCUT2D eigenvalue weighted by atomic mass is 10.0. The van der Waals surface area contributed by atoms with Crippen LogP contribution in [0.4, 0.5) is 0 Å². The average Bonchev–Trinajstić information content (AvgIpc) is 2.87. The third-order valence-corrected chi connectivity index (χ3v) is 2.95. The van der Waals surface area contributed by atoms with E-state index in [0.717, 1.165) is 19.0 Å². The molecule has 0 aromatic heterocycles. The summed E-state index contributed by atoms with van der Waals surface area (Å²) < 4.78 is 0. The van der Waals surface area contributed by atoms with Gasteiger partial charge in [0, 0.05) is 12.6 Å². The van der Waals surface area contributed by atoms with E-state index in [2.05, 4.69) is 19.2 Å². The van der Waals surface area contributed by atoms with Crippen molar-refractivity contribution in [3.05, 3.63) is 0 Å². The van der Waals surface area contributed by atoms with Gasteiger partial charge in [-0.3, -0.25) is 0 Å². The molecule has 1 aliphatic carbocycles. The smallest absolute Gasteiger partial charge is 0.0213 e. The number of hydrogen-bond donors (Lipinski definition) is 2. The molecule has 1 rings (SSSR count).